The molecule has 0 unspecified atom stereocenters. The number of carbonyl (C=O) groups excluding carboxylic acids is 2. The number of hydrogen-bond acceptors (Lipinski definition) is 3. The summed E-state index contributed by atoms with van der Waals surface area (Å²) in [5, 5.41) is 7.71. The van der Waals surface area contributed by atoms with E-state index in [1.54, 1.807) is 4.90 Å². The second-order valence-electron chi connectivity index (χ2n) is 7.71. The highest BCUT2D eigenvalue weighted by molar-refractivity contribution is 5.94. The number of carbonyl (C=O) groups is 2. The van der Waals surface area contributed by atoms with Crippen LogP contribution in [0.15, 0.2) is 54.7 Å². The Balaban J connectivity index is 1.37. The lowest BCUT2D eigenvalue weighted by molar-refractivity contribution is -0.122. The number of aryl methyl sites for hydroxylation is 2. The van der Waals surface area contributed by atoms with Crippen LogP contribution in [0.5, 0.6) is 0 Å². The van der Waals surface area contributed by atoms with Crippen LogP contribution in [0.2, 0.25) is 0 Å². The van der Waals surface area contributed by atoms with Crippen LogP contribution in [0.1, 0.15) is 37.8 Å². The van der Waals surface area contributed by atoms with E-state index in [0.29, 0.717) is 32.4 Å². The third-order valence-corrected chi connectivity index (χ3v) is 5.54. The van der Waals surface area contributed by atoms with E-state index in [4.69, 9.17) is 0 Å². The van der Waals surface area contributed by atoms with Gasteiger partial charge in [0.2, 0.25) is 11.8 Å². The average molecular weight is 406 g/mol. The molecule has 1 aromatic carbocycles. The summed E-state index contributed by atoms with van der Waals surface area (Å²) in [5.74, 6) is 0.883. The Morgan fingerprint density at radius 1 is 1.20 bits per heavy atom. The van der Waals surface area contributed by atoms with Gasteiger partial charge < -0.3 is 9.88 Å². The molecule has 1 aliphatic heterocycles. The molecule has 4 rings (SSSR count). The molecule has 3 heterocycles. The van der Waals surface area contributed by atoms with Crippen LogP contribution in [-0.4, -0.2) is 32.7 Å². The fourth-order valence-corrected chi connectivity index (χ4v) is 3.88. The van der Waals surface area contributed by atoms with Crippen molar-refractivity contribution in [1.82, 2.24) is 19.7 Å². The molecule has 0 fully saturated rings. The highest BCUT2D eigenvalue weighted by Crippen LogP contribution is 2.28. The molecule has 1 N–H and O–H groups in total. The third-order valence-electron chi connectivity index (χ3n) is 5.54. The van der Waals surface area contributed by atoms with Gasteiger partial charge in [0, 0.05) is 38.7 Å². The van der Waals surface area contributed by atoms with E-state index < -0.39 is 0 Å². The first kappa shape index (κ1) is 19.9. The molecule has 0 bridgehead atoms. The summed E-state index contributed by atoms with van der Waals surface area (Å²) in [7, 11) is 1.98. The predicted molar refractivity (Wildman–Crippen MR) is 116 cm³/mol. The summed E-state index contributed by atoms with van der Waals surface area (Å²) in [6.45, 7) is 3.07. The maximum atomic E-state index is 12.5. The number of amides is 2. The molecule has 0 saturated heterocycles. The molecule has 1 atom stereocenters. The SMILES string of the molecule is C[C@@H](NC(=O)CCCN1C(=O)CCn2nc(-c3cccn3C)cc21)c1ccccc1. The van der Waals surface area contributed by atoms with Crippen molar-refractivity contribution in [2.24, 2.45) is 7.05 Å². The highest BCUT2D eigenvalue weighted by Gasteiger charge is 2.26. The minimum Gasteiger partial charge on any atom is -0.350 e. The summed E-state index contributed by atoms with van der Waals surface area (Å²) >= 11 is 0. The van der Waals surface area contributed by atoms with Crippen molar-refractivity contribution >= 4 is 17.6 Å². The molecule has 0 aliphatic carbocycles. The zero-order valence-electron chi connectivity index (χ0n) is 17.4. The molecule has 7 nitrogen and oxygen atoms in total. The quantitative estimate of drug-likeness (QED) is 0.656. The Hall–Kier alpha value is -3.35. The van der Waals surface area contributed by atoms with Crippen molar-refractivity contribution < 1.29 is 9.59 Å². The van der Waals surface area contributed by atoms with Gasteiger partial charge in [0.05, 0.1) is 18.3 Å². The van der Waals surface area contributed by atoms with Gasteiger partial charge in [-0.2, -0.15) is 5.10 Å². The predicted octanol–water partition coefficient (Wildman–Crippen LogP) is 3.28. The smallest absolute Gasteiger partial charge is 0.229 e. The van der Waals surface area contributed by atoms with Crippen LogP contribution in [0, 0.1) is 0 Å². The highest BCUT2D eigenvalue weighted by atomic mass is 16.2. The molecule has 1 aliphatic rings. The van der Waals surface area contributed by atoms with Crippen molar-refractivity contribution in [3.05, 3.63) is 60.3 Å². The van der Waals surface area contributed by atoms with Gasteiger partial charge in [0.25, 0.3) is 0 Å². The fourth-order valence-electron chi connectivity index (χ4n) is 3.88. The Bertz CT molecular complexity index is 1040. The molecule has 0 spiro atoms. The minimum absolute atomic E-state index is 0.00572. The molecule has 0 radical (unpaired) electrons. The van der Waals surface area contributed by atoms with Crippen LogP contribution >= 0.6 is 0 Å². The summed E-state index contributed by atoms with van der Waals surface area (Å²) in [4.78, 5) is 26.7. The molecular formula is C23H27N5O2. The van der Waals surface area contributed by atoms with Gasteiger partial charge in [-0.25, -0.2) is 4.68 Å². The number of nitrogens with one attached hydrogen (secondary N) is 1. The number of rotatable bonds is 7. The maximum absolute atomic E-state index is 12.5. The number of fused-ring (bicyclic) bond motifs is 1. The number of aromatic nitrogens is 3. The zero-order chi connectivity index (χ0) is 21.1. The van der Waals surface area contributed by atoms with E-state index in [0.717, 1.165) is 22.8 Å². The molecular weight excluding hydrogens is 378 g/mol. The van der Waals surface area contributed by atoms with Crippen LogP contribution in [0.3, 0.4) is 0 Å². The number of hydrogen-bond donors (Lipinski definition) is 1. The summed E-state index contributed by atoms with van der Waals surface area (Å²) in [6.07, 6.45) is 3.38. The van der Waals surface area contributed by atoms with E-state index in [-0.39, 0.29) is 17.9 Å². The lowest BCUT2D eigenvalue weighted by Crippen LogP contribution is -2.38. The third kappa shape index (κ3) is 4.15. The molecule has 3 aromatic rings. The normalized spacial score (nSPS) is 14.5. The first-order valence-electron chi connectivity index (χ1n) is 10.4. The van der Waals surface area contributed by atoms with E-state index in [2.05, 4.69) is 10.4 Å². The second-order valence-corrected chi connectivity index (χ2v) is 7.71. The second kappa shape index (κ2) is 8.57. The number of nitrogens with zero attached hydrogens (tertiary/aromatic N) is 4. The van der Waals surface area contributed by atoms with Gasteiger partial charge in [-0.15, -0.1) is 0 Å². The Kier molecular flexibility index (Phi) is 5.70. The van der Waals surface area contributed by atoms with Crippen molar-refractivity contribution in [2.75, 3.05) is 11.4 Å². The van der Waals surface area contributed by atoms with E-state index in [1.165, 1.54) is 0 Å². The van der Waals surface area contributed by atoms with E-state index >= 15 is 0 Å². The lowest BCUT2D eigenvalue weighted by Gasteiger charge is -2.27. The van der Waals surface area contributed by atoms with E-state index in [1.807, 2.05) is 77.9 Å². The van der Waals surface area contributed by atoms with Gasteiger partial charge in [-0.05, 0) is 31.0 Å². The van der Waals surface area contributed by atoms with Crippen LogP contribution in [0.4, 0.5) is 5.82 Å². The largest absolute Gasteiger partial charge is 0.350 e. The molecule has 156 valence electrons. The van der Waals surface area contributed by atoms with Crippen LogP contribution in [-0.2, 0) is 23.2 Å². The van der Waals surface area contributed by atoms with Crippen molar-refractivity contribution in [2.45, 2.75) is 38.8 Å². The molecule has 0 saturated carbocycles. The van der Waals surface area contributed by atoms with Gasteiger partial charge in [-0.3, -0.25) is 14.5 Å². The van der Waals surface area contributed by atoms with Crippen LogP contribution in [0.25, 0.3) is 11.4 Å². The number of benzene rings is 1. The van der Waals surface area contributed by atoms with Gasteiger partial charge >= 0.3 is 0 Å². The topological polar surface area (TPSA) is 72.2 Å². The monoisotopic (exact) mass is 405 g/mol. The maximum Gasteiger partial charge on any atom is 0.229 e. The molecule has 2 amide bonds. The Morgan fingerprint density at radius 3 is 2.73 bits per heavy atom. The minimum atomic E-state index is -0.0374. The van der Waals surface area contributed by atoms with Gasteiger partial charge in [0.15, 0.2) is 0 Å². The van der Waals surface area contributed by atoms with Crippen molar-refractivity contribution in [3.63, 3.8) is 0 Å². The standard InChI is InChI=1S/C23H27N5O2/c1-17(18-8-4-3-5-9-18)24-21(29)11-7-14-27-22-16-19(20-10-6-13-26(20)2)25-28(22)15-12-23(27)30/h3-6,8-10,13,16-17H,7,11-12,14-15H2,1-2H3,(H,24,29)/t17-/m1/s1. The Morgan fingerprint density at radius 2 is 2.00 bits per heavy atom. The lowest BCUT2D eigenvalue weighted by atomic mass is 10.1. The average Bonchev–Trinajstić information content (AvgIpc) is 3.36. The summed E-state index contributed by atoms with van der Waals surface area (Å²) < 4.78 is 3.90. The fraction of sp³-hybridized carbons (Fsp3) is 0.348. The molecule has 2 aromatic heterocycles. The first-order valence-corrected chi connectivity index (χ1v) is 10.4. The molecule has 30 heavy (non-hydrogen) atoms. The zero-order valence-corrected chi connectivity index (χ0v) is 17.4. The Labute approximate surface area is 176 Å². The number of anilines is 1. The first-order chi connectivity index (χ1) is 14.5. The summed E-state index contributed by atoms with van der Waals surface area (Å²) in [5.41, 5.74) is 2.94. The molecule has 7 heteroatoms. The van der Waals surface area contributed by atoms with Crippen LogP contribution < -0.4 is 10.2 Å². The summed E-state index contributed by atoms with van der Waals surface area (Å²) in [6, 6.07) is 15.8. The van der Waals surface area contributed by atoms with Crippen molar-refractivity contribution in [1.29, 1.82) is 0 Å². The van der Waals surface area contributed by atoms with E-state index in [9.17, 15) is 9.59 Å². The van der Waals surface area contributed by atoms with Gasteiger partial charge in [-0.1, -0.05) is 30.3 Å². The van der Waals surface area contributed by atoms with Gasteiger partial charge in [0.1, 0.15) is 11.5 Å². The van der Waals surface area contributed by atoms with Crippen molar-refractivity contribution in [3.8, 4) is 11.4 Å².